The molecule has 4 rings (SSSR count). The quantitative estimate of drug-likeness (QED) is 0.568. The van der Waals surface area contributed by atoms with Crippen LogP contribution < -0.4 is 5.43 Å². The van der Waals surface area contributed by atoms with Crippen molar-refractivity contribution >= 4 is 31.7 Å². The van der Waals surface area contributed by atoms with Gasteiger partial charge in [0, 0.05) is 51.3 Å². The lowest BCUT2D eigenvalue weighted by Gasteiger charge is -2.38. The highest BCUT2D eigenvalue weighted by Crippen LogP contribution is 2.25. The van der Waals surface area contributed by atoms with Crippen LogP contribution in [-0.4, -0.2) is 87.8 Å². The minimum atomic E-state index is -4.04. The van der Waals surface area contributed by atoms with Crippen LogP contribution in [0.4, 0.5) is 0 Å². The third kappa shape index (κ3) is 5.62. The molecule has 1 amide bonds. The maximum Gasteiger partial charge on any atom is 0.259 e. The molecule has 0 aromatic heterocycles. The Bertz CT molecular complexity index is 1270. The molecule has 2 aromatic rings. The molecule has 2 aromatic carbocycles. The predicted molar refractivity (Wildman–Crippen MR) is 132 cm³/mol. The second-order valence-electron chi connectivity index (χ2n) is 8.58. The Kier molecular flexibility index (Phi) is 7.67. The molecule has 0 bridgehead atoms. The van der Waals surface area contributed by atoms with Crippen molar-refractivity contribution in [2.45, 2.75) is 28.7 Å². The summed E-state index contributed by atoms with van der Waals surface area (Å²) in [4.78, 5) is 15.5. The maximum absolute atomic E-state index is 13.4. The van der Waals surface area contributed by atoms with E-state index in [0.717, 1.165) is 27.4 Å². The Hall–Kier alpha value is -2.64. The summed E-state index contributed by atoms with van der Waals surface area (Å²) < 4.78 is 55.5. The Morgan fingerprint density at radius 1 is 0.829 bits per heavy atom. The van der Waals surface area contributed by atoms with E-state index in [-0.39, 0.29) is 29.4 Å². The molecule has 12 heteroatoms. The first-order chi connectivity index (χ1) is 16.7. The summed E-state index contributed by atoms with van der Waals surface area (Å²) in [6.45, 7) is 1.07. The molecule has 1 N–H and O–H groups in total. The van der Waals surface area contributed by atoms with Crippen molar-refractivity contribution in [2.75, 3.05) is 39.8 Å². The van der Waals surface area contributed by atoms with E-state index in [1.165, 1.54) is 24.3 Å². The minimum Gasteiger partial charge on any atom is -0.306 e. The number of nitrogens with one attached hydrogen (secondary N) is 1. The van der Waals surface area contributed by atoms with E-state index >= 15 is 0 Å². The second kappa shape index (κ2) is 10.5. The molecule has 0 saturated carbocycles. The summed E-state index contributed by atoms with van der Waals surface area (Å²) in [5, 5.41) is 4.23. The number of carbonyl (C=O) groups excluding carboxylic acids is 1. The number of sulfonamides is 2. The summed E-state index contributed by atoms with van der Waals surface area (Å²) in [5.41, 5.74) is 3.32. The molecule has 0 spiro atoms. The summed E-state index contributed by atoms with van der Waals surface area (Å²) >= 11 is 0. The van der Waals surface area contributed by atoms with Crippen LogP contribution in [0.25, 0.3) is 0 Å². The smallest absolute Gasteiger partial charge is 0.259 e. The van der Waals surface area contributed by atoms with Gasteiger partial charge in [0.1, 0.15) is 6.04 Å². The zero-order valence-electron chi connectivity index (χ0n) is 19.4. The molecule has 0 unspecified atom stereocenters. The molecule has 0 aliphatic carbocycles. The van der Waals surface area contributed by atoms with Crippen LogP contribution in [0.2, 0.25) is 0 Å². The lowest BCUT2D eigenvalue weighted by Crippen LogP contribution is -2.60. The van der Waals surface area contributed by atoms with E-state index < -0.39 is 32.0 Å². The van der Waals surface area contributed by atoms with E-state index in [1.54, 1.807) is 36.4 Å². The monoisotopic (exact) mass is 519 g/mol. The summed E-state index contributed by atoms with van der Waals surface area (Å²) in [6.07, 6.45) is 1.39. The maximum atomic E-state index is 13.4. The van der Waals surface area contributed by atoms with Crippen LogP contribution >= 0.6 is 0 Å². The lowest BCUT2D eigenvalue weighted by molar-refractivity contribution is -0.125. The van der Waals surface area contributed by atoms with E-state index in [1.807, 2.05) is 7.05 Å². The average Bonchev–Trinajstić information content (AvgIpc) is 2.89. The van der Waals surface area contributed by atoms with Gasteiger partial charge in [-0.2, -0.15) is 13.7 Å². The molecule has 2 saturated heterocycles. The number of rotatable bonds is 6. The van der Waals surface area contributed by atoms with Crippen LogP contribution in [0.15, 0.2) is 75.6 Å². The molecule has 0 radical (unpaired) electrons. The molecule has 2 fully saturated rings. The second-order valence-corrected chi connectivity index (χ2v) is 12.4. The first-order valence-corrected chi connectivity index (χ1v) is 14.2. The molecular weight excluding hydrogens is 490 g/mol. The van der Waals surface area contributed by atoms with Crippen molar-refractivity contribution in [1.82, 2.24) is 18.9 Å². The normalized spacial score (nSPS) is 20.9. The third-order valence-electron chi connectivity index (χ3n) is 6.22. The Morgan fingerprint density at radius 2 is 1.37 bits per heavy atom. The SMILES string of the molecule is CN1CCC(=NNC(=O)[C@@H]2CN(S(=O)(=O)c3ccccc3)CCN2S(=O)(=O)c2ccccc2)CC1. The number of carbonyl (C=O) groups is 1. The molecule has 188 valence electrons. The Balaban J connectivity index is 1.62. The molecular formula is C23H29N5O5S2. The molecule has 10 nitrogen and oxygen atoms in total. The van der Waals surface area contributed by atoms with Crippen LogP contribution in [0, 0.1) is 0 Å². The number of hydrazone groups is 1. The van der Waals surface area contributed by atoms with Gasteiger partial charge < -0.3 is 4.90 Å². The number of piperidine rings is 1. The van der Waals surface area contributed by atoms with Crippen LogP contribution in [0.1, 0.15) is 12.8 Å². The first-order valence-electron chi connectivity index (χ1n) is 11.4. The van der Waals surface area contributed by atoms with Gasteiger partial charge in [-0.05, 0) is 31.3 Å². The molecule has 35 heavy (non-hydrogen) atoms. The van der Waals surface area contributed by atoms with Crippen molar-refractivity contribution in [1.29, 1.82) is 0 Å². The number of benzene rings is 2. The van der Waals surface area contributed by atoms with Gasteiger partial charge in [0.15, 0.2) is 0 Å². The fourth-order valence-electron chi connectivity index (χ4n) is 4.13. The van der Waals surface area contributed by atoms with E-state index in [0.29, 0.717) is 12.8 Å². The first kappa shape index (κ1) is 25.5. The van der Waals surface area contributed by atoms with Crippen LogP contribution in [0.3, 0.4) is 0 Å². The fourth-order valence-corrected chi connectivity index (χ4v) is 7.18. The molecule has 1 atom stereocenters. The highest BCUT2D eigenvalue weighted by molar-refractivity contribution is 7.89. The zero-order valence-corrected chi connectivity index (χ0v) is 21.1. The van der Waals surface area contributed by atoms with Crippen molar-refractivity contribution in [2.24, 2.45) is 5.10 Å². The van der Waals surface area contributed by atoms with Crippen molar-refractivity contribution in [3.63, 3.8) is 0 Å². The van der Waals surface area contributed by atoms with Crippen LogP contribution in [0.5, 0.6) is 0 Å². The van der Waals surface area contributed by atoms with Gasteiger partial charge in [-0.25, -0.2) is 22.3 Å². The molecule has 2 aliphatic rings. The zero-order chi connectivity index (χ0) is 25.1. The van der Waals surface area contributed by atoms with E-state index in [4.69, 9.17) is 0 Å². The minimum absolute atomic E-state index is 0.0406. The number of hydrogen-bond acceptors (Lipinski definition) is 7. The van der Waals surface area contributed by atoms with Crippen LogP contribution in [-0.2, 0) is 24.8 Å². The van der Waals surface area contributed by atoms with E-state index in [2.05, 4.69) is 15.4 Å². The van der Waals surface area contributed by atoms with Gasteiger partial charge in [-0.3, -0.25) is 4.79 Å². The van der Waals surface area contributed by atoms with E-state index in [9.17, 15) is 21.6 Å². The summed E-state index contributed by atoms with van der Waals surface area (Å²) in [7, 11) is -5.95. The number of amides is 1. The average molecular weight is 520 g/mol. The standard InChI is InChI=1S/C23H29N5O5S2/c1-26-14-12-19(13-15-26)24-25-23(29)22-18-27(34(30,31)20-8-4-2-5-9-20)16-17-28(22)35(32,33)21-10-6-3-7-11-21/h2-11,22H,12-18H2,1H3,(H,25,29)/t22-/m0/s1. The Labute approximate surface area is 206 Å². The van der Waals surface area contributed by atoms with Gasteiger partial charge in [0.05, 0.1) is 9.79 Å². The summed E-state index contributed by atoms with van der Waals surface area (Å²) in [6, 6.07) is 14.4. The van der Waals surface area contributed by atoms with Crippen molar-refractivity contribution < 1.29 is 21.6 Å². The Morgan fingerprint density at radius 3 is 1.94 bits per heavy atom. The van der Waals surface area contributed by atoms with Gasteiger partial charge in [-0.1, -0.05) is 36.4 Å². The van der Waals surface area contributed by atoms with Gasteiger partial charge in [0.25, 0.3) is 5.91 Å². The molecule has 2 heterocycles. The van der Waals surface area contributed by atoms with Crippen molar-refractivity contribution in [3.8, 4) is 0 Å². The predicted octanol–water partition coefficient (Wildman–Crippen LogP) is 0.948. The number of piperazine rings is 1. The number of hydrogen-bond donors (Lipinski definition) is 1. The third-order valence-corrected chi connectivity index (χ3v) is 10.0. The largest absolute Gasteiger partial charge is 0.306 e. The lowest BCUT2D eigenvalue weighted by atomic mass is 10.1. The van der Waals surface area contributed by atoms with Crippen molar-refractivity contribution in [3.05, 3.63) is 60.7 Å². The van der Waals surface area contributed by atoms with Gasteiger partial charge >= 0.3 is 0 Å². The topological polar surface area (TPSA) is 119 Å². The fraction of sp³-hybridized carbons (Fsp3) is 0.391. The van der Waals surface area contributed by atoms with Gasteiger partial charge in [-0.15, -0.1) is 0 Å². The highest BCUT2D eigenvalue weighted by atomic mass is 32.2. The highest BCUT2D eigenvalue weighted by Gasteiger charge is 2.43. The summed E-state index contributed by atoms with van der Waals surface area (Å²) in [5.74, 6) is -0.663. The molecule has 2 aliphatic heterocycles. The van der Waals surface area contributed by atoms with Gasteiger partial charge in [0.2, 0.25) is 20.0 Å². The number of nitrogens with zero attached hydrogens (tertiary/aromatic N) is 4. The number of likely N-dealkylation sites (tertiary alicyclic amines) is 1.